The molecule has 0 fully saturated rings. The van der Waals surface area contributed by atoms with Gasteiger partial charge in [0.05, 0.1) is 7.11 Å². The van der Waals surface area contributed by atoms with Gasteiger partial charge in [-0.25, -0.2) is 4.98 Å². The van der Waals surface area contributed by atoms with Crippen molar-refractivity contribution in [1.82, 2.24) is 10.3 Å². The van der Waals surface area contributed by atoms with E-state index in [1.807, 2.05) is 30.3 Å². The number of carbonyl (C=O) groups is 1. The quantitative estimate of drug-likeness (QED) is 0.917. The van der Waals surface area contributed by atoms with Crippen molar-refractivity contribution in [3.8, 4) is 11.8 Å². The molecule has 1 amide bonds. The summed E-state index contributed by atoms with van der Waals surface area (Å²) in [4.78, 5) is 15.9. The molecule has 0 unspecified atom stereocenters. The molecule has 0 aliphatic carbocycles. The van der Waals surface area contributed by atoms with E-state index in [-0.39, 0.29) is 17.3 Å². The molecule has 2 rings (SSSR count). The lowest BCUT2D eigenvalue weighted by Crippen LogP contribution is -2.23. The molecule has 0 aliphatic rings. The Hall–Kier alpha value is -2.87. The van der Waals surface area contributed by atoms with Crippen molar-refractivity contribution in [1.29, 1.82) is 5.26 Å². The molecular formula is C15H13N3O2. The van der Waals surface area contributed by atoms with Crippen LogP contribution in [0.15, 0.2) is 42.5 Å². The molecule has 0 aliphatic heterocycles. The molecule has 1 aromatic heterocycles. The van der Waals surface area contributed by atoms with Crippen LogP contribution in [0.4, 0.5) is 0 Å². The Kier molecular flexibility index (Phi) is 4.30. The summed E-state index contributed by atoms with van der Waals surface area (Å²) in [6.07, 6.45) is 0. The van der Waals surface area contributed by atoms with Gasteiger partial charge < -0.3 is 10.1 Å². The minimum Gasteiger partial charge on any atom is -0.497 e. The monoisotopic (exact) mass is 267 g/mol. The van der Waals surface area contributed by atoms with Gasteiger partial charge >= 0.3 is 0 Å². The molecule has 0 bridgehead atoms. The third-order valence-electron chi connectivity index (χ3n) is 2.68. The van der Waals surface area contributed by atoms with Crippen molar-refractivity contribution in [2.45, 2.75) is 6.54 Å². The van der Waals surface area contributed by atoms with E-state index < -0.39 is 0 Å². The first-order chi connectivity index (χ1) is 9.72. The van der Waals surface area contributed by atoms with Crippen molar-refractivity contribution in [2.24, 2.45) is 0 Å². The highest BCUT2D eigenvalue weighted by atomic mass is 16.5. The van der Waals surface area contributed by atoms with Gasteiger partial charge in [0.2, 0.25) is 0 Å². The van der Waals surface area contributed by atoms with Crippen LogP contribution in [-0.4, -0.2) is 18.0 Å². The van der Waals surface area contributed by atoms with Crippen LogP contribution >= 0.6 is 0 Å². The number of nitrogens with one attached hydrogen (secondary N) is 1. The molecular weight excluding hydrogens is 254 g/mol. The summed E-state index contributed by atoms with van der Waals surface area (Å²) in [5, 5.41) is 11.5. The van der Waals surface area contributed by atoms with E-state index in [1.165, 1.54) is 0 Å². The maximum Gasteiger partial charge on any atom is 0.270 e. The molecule has 1 aromatic carbocycles. The Morgan fingerprint density at radius 1 is 1.35 bits per heavy atom. The smallest absolute Gasteiger partial charge is 0.270 e. The van der Waals surface area contributed by atoms with Gasteiger partial charge in [-0.3, -0.25) is 4.79 Å². The van der Waals surface area contributed by atoms with E-state index in [2.05, 4.69) is 10.3 Å². The number of carbonyl (C=O) groups excluding carboxylic acids is 1. The van der Waals surface area contributed by atoms with E-state index in [0.29, 0.717) is 6.54 Å². The predicted octanol–water partition coefficient (Wildman–Crippen LogP) is 1.89. The fourth-order valence-corrected chi connectivity index (χ4v) is 1.68. The molecule has 100 valence electrons. The van der Waals surface area contributed by atoms with Crippen molar-refractivity contribution >= 4 is 5.91 Å². The number of nitrogens with zero attached hydrogens (tertiary/aromatic N) is 2. The first-order valence-electron chi connectivity index (χ1n) is 6.01. The predicted molar refractivity (Wildman–Crippen MR) is 73.1 cm³/mol. The SMILES string of the molecule is COc1cccc(CNC(=O)c2cccc(C#N)n2)c1. The number of ether oxygens (including phenoxy) is 1. The molecule has 5 nitrogen and oxygen atoms in total. The first kappa shape index (κ1) is 13.6. The van der Waals surface area contributed by atoms with Crippen LogP contribution in [0.5, 0.6) is 5.75 Å². The van der Waals surface area contributed by atoms with Crippen molar-refractivity contribution < 1.29 is 9.53 Å². The third kappa shape index (κ3) is 3.33. The molecule has 0 spiro atoms. The maximum absolute atomic E-state index is 11.9. The number of rotatable bonds is 4. The second-order valence-corrected chi connectivity index (χ2v) is 4.05. The van der Waals surface area contributed by atoms with E-state index in [1.54, 1.807) is 25.3 Å². The molecule has 0 atom stereocenters. The van der Waals surface area contributed by atoms with Gasteiger partial charge in [0, 0.05) is 6.54 Å². The van der Waals surface area contributed by atoms with E-state index in [4.69, 9.17) is 10.00 Å². The summed E-state index contributed by atoms with van der Waals surface area (Å²) in [5.74, 6) is 0.422. The number of methoxy groups -OCH3 is 1. The summed E-state index contributed by atoms with van der Waals surface area (Å²) < 4.78 is 5.12. The van der Waals surface area contributed by atoms with Crippen molar-refractivity contribution in [3.63, 3.8) is 0 Å². The van der Waals surface area contributed by atoms with Gasteiger partial charge in [-0.05, 0) is 29.8 Å². The number of benzene rings is 1. The average molecular weight is 267 g/mol. The number of hydrogen-bond acceptors (Lipinski definition) is 4. The molecule has 2 aromatic rings. The van der Waals surface area contributed by atoms with E-state index >= 15 is 0 Å². The summed E-state index contributed by atoms with van der Waals surface area (Å²) in [5.41, 5.74) is 1.38. The van der Waals surface area contributed by atoms with Crippen LogP contribution in [-0.2, 0) is 6.54 Å². The Morgan fingerprint density at radius 3 is 2.90 bits per heavy atom. The normalized spacial score (nSPS) is 9.60. The summed E-state index contributed by atoms with van der Waals surface area (Å²) in [6, 6.07) is 14.1. The van der Waals surface area contributed by atoms with E-state index in [9.17, 15) is 4.79 Å². The molecule has 0 saturated carbocycles. The number of pyridine rings is 1. The lowest BCUT2D eigenvalue weighted by atomic mass is 10.2. The van der Waals surface area contributed by atoms with Gasteiger partial charge in [-0.2, -0.15) is 5.26 Å². The van der Waals surface area contributed by atoms with Crippen LogP contribution in [0, 0.1) is 11.3 Å². The Morgan fingerprint density at radius 2 is 2.15 bits per heavy atom. The lowest BCUT2D eigenvalue weighted by molar-refractivity contribution is 0.0946. The van der Waals surface area contributed by atoms with Crippen molar-refractivity contribution in [2.75, 3.05) is 7.11 Å². The zero-order chi connectivity index (χ0) is 14.4. The van der Waals surface area contributed by atoms with Gasteiger partial charge in [-0.1, -0.05) is 18.2 Å². The highest BCUT2D eigenvalue weighted by Crippen LogP contribution is 2.12. The second-order valence-electron chi connectivity index (χ2n) is 4.05. The zero-order valence-electron chi connectivity index (χ0n) is 11.0. The lowest BCUT2D eigenvalue weighted by Gasteiger charge is -2.06. The van der Waals surface area contributed by atoms with Crippen LogP contribution in [0.2, 0.25) is 0 Å². The highest BCUT2D eigenvalue weighted by molar-refractivity contribution is 5.92. The van der Waals surface area contributed by atoms with E-state index in [0.717, 1.165) is 11.3 Å². The minimum atomic E-state index is -0.315. The number of aromatic nitrogens is 1. The Balaban J connectivity index is 2.03. The summed E-state index contributed by atoms with van der Waals surface area (Å²) >= 11 is 0. The van der Waals surface area contributed by atoms with Crippen molar-refractivity contribution in [3.05, 3.63) is 59.4 Å². The second kappa shape index (κ2) is 6.34. The zero-order valence-corrected chi connectivity index (χ0v) is 11.0. The van der Waals surface area contributed by atoms with Gasteiger partial charge in [0.1, 0.15) is 23.2 Å². The highest BCUT2D eigenvalue weighted by Gasteiger charge is 2.07. The molecule has 20 heavy (non-hydrogen) atoms. The summed E-state index contributed by atoms with van der Waals surface area (Å²) in [7, 11) is 1.59. The number of nitriles is 1. The van der Waals surface area contributed by atoms with Gasteiger partial charge in [0.15, 0.2) is 0 Å². The van der Waals surface area contributed by atoms with Crippen LogP contribution < -0.4 is 10.1 Å². The fourth-order valence-electron chi connectivity index (χ4n) is 1.68. The average Bonchev–Trinajstić information content (AvgIpc) is 2.52. The topological polar surface area (TPSA) is 75.0 Å². The van der Waals surface area contributed by atoms with Gasteiger partial charge in [0.25, 0.3) is 5.91 Å². The van der Waals surface area contributed by atoms with Gasteiger partial charge in [-0.15, -0.1) is 0 Å². The summed E-state index contributed by atoms with van der Waals surface area (Å²) in [6.45, 7) is 0.370. The van der Waals surface area contributed by atoms with Crippen LogP contribution in [0.3, 0.4) is 0 Å². The maximum atomic E-state index is 11.9. The van der Waals surface area contributed by atoms with Crippen LogP contribution in [0.25, 0.3) is 0 Å². The molecule has 0 saturated heterocycles. The number of hydrogen-bond donors (Lipinski definition) is 1. The molecule has 1 heterocycles. The molecule has 5 heteroatoms. The van der Waals surface area contributed by atoms with Crippen LogP contribution in [0.1, 0.15) is 21.7 Å². The fraction of sp³-hybridized carbons (Fsp3) is 0.133. The third-order valence-corrected chi connectivity index (χ3v) is 2.68. The molecule has 1 N–H and O–H groups in total. The number of amides is 1. The molecule has 0 radical (unpaired) electrons. The minimum absolute atomic E-state index is 0.221. The Labute approximate surface area is 116 Å². The largest absolute Gasteiger partial charge is 0.497 e. The standard InChI is InChI=1S/C15H13N3O2/c1-20-13-6-2-4-11(8-13)10-17-15(19)14-7-3-5-12(9-16)18-14/h2-8H,10H2,1H3,(H,17,19). The first-order valence-corrected chi connectivity index (χ1v) is 6.01. The Bertz CT molecular complexity index is 662.